The molecule has 5 heteroatoms. The monoisotopic (exact) mass is 241 g/mol. The molecule has 1 atom stereocenters. The SMILES string of the molecule is CC(C)(C)C(CN1CCCCC1=O)NC(N)=O. The molecule has 1 unspecified atom stereocenters. The highest BCUT2D eigenvalue weighted by molar-refractivity contribution is 5.77. The number of nitrogens with one attached hydrogen (secondary N) is 1. The molecule has 1 fully saturated rings. The summed E-state index contributed by atoms with van der Waals surface area (Å²) in [6.45, 7) is 7.42. The second kappa shape index (κ2) is 5.38. The second-order valence-corrected chi connectivity index (χ2v) is 5.72. The first kappa shape index (κ1) is 13.8. The van der Waals surface area contributed by atoms with Gasteiger partial charge in [0, 0.05) is 19.5 Å². The Balaban J connectivity index is 2.64. The predicted octanol–water partition coefficient (Wildman–Crippen LogP) is 1.08. The number of nitrogens with zero attached hydrogens (tertiary/aromatic N) is 1. The Morgan fingerprint density at radius 1 is 1.47 bits per heavy atom. The zero-order valence-electron chi connectivity index (χ0n) is 11.0. The summed E-state index contributed by atoms with van der Waals surface area (Å²) in [5.74, 6) is 0.178. The fraction of sp³-hybridized carbons (Fsp3) is 0.833. The molecule has 3 N–H and O–H groups in total. The van der Waals surface area contributed by atoms with E-state index in [0.29, 0.717) is 13.0 Å². The van der Waals surface area contributed by atoms with Crippen LogP contribution in [0.3, 0.4) is 0 Å². The van der Waals surface area contributed by atoms with Gasteiger partial charge in [0.15, 0.2) is 0 Å². The summed E-state index contributed by atoms with van der Waals surface area (Å²) in [5, 5.41) is 2.73. The van der Waals surface area contributed by atoms with Crippen LogP contribution in [0.2, 0.25) is 0 Å². The molecule has 0 bridgehead atoms. The van der Waals surface area contributed by atoms with Crippen molar-refractivity contribution in [3.8, 4) is 0 Å². The Morgan fingerprint density at radius 3 is 2.59 bits per heavy atom. The Bertz CT molecular complexity index is 297. The molecular weight excluding hydrogens is 218 g/mol. The van der Waals surface area contributed by atoms with Crippen LogP contribution in [0.25, 0.3) is 0 Å². The molecule has 5 nitrogen and oxygen atoms in total. The number of hydrogen-bond acceptors (Lipinski definition) is 2. The van der Waals surface area contributed by atoms with Crippen LogP contribution < -0.4 is 11.1 Å². The first-order valence-corrected chi connectivity index (χ1v) is 6.14. The highest BCUT2D eigenvalue weighted by Gasteiger charge is 2.30. The highest BCUT2D eigenvalue weighted by Crippen LogP contribution is 2.21. The summed E-state index contributed by atoms with van der Waals surface area (Å²) in [5.41, 5.74) is 5.06. The van der Waals surface area contributed by atoms with Crippen LogP contribution >= 0.6 is 0 Å². The topological polar surface area (TPSA) is 75.4 Å². The van der Waals surface area contributed by atoms with Gasteiger partial charge in [0.05, 0.1) is 6.04 Å². The molecule has 1 saturated heterocycles. The van der Waals surface area contributed by atoms with Crippen LogP contribution in [0.5, 0.6) is 0 Å². The Hall–Kier alpha value is -1.26. The van der Waals surface area contributed by atoms with E-state index in [0.717, 1.165) is 19.4 Å². The standard InChI is InChI=1S/C12H23N3O2/c1-12(2,3)9(14-11(13)17)8-15-7-5-4-6-10(15)16/h9H,4-8H2,1-3H3,(H3,13,14,17). The van der Waals surface area contributed by atoms with Crippen molar-refractivity contribution in [2.45, 2.75) is 46.1 Å². The van der Waals surface area contributed by atoms with E-state index in [1.54, 1.807) is 0 Å². The van der Waals surface area contributed by atoms with E-state index in [1.807, 2.05) is 25.7 Å². The van der Waals surface area contributed by atoms with Crippen molar-refractivity contribution in [3.05, 3.63) is 0 Å². The lowest BCUT2D eigenvalue weighted by Gasteiger charge is -2.37. The number of hydrogen-bond donors (Lipinski definition) is 2. The van der Waals surface area contributed by atoms with E-state index < -0.39 is 6.03 Å². The zero-order valence-corrected chi connectivity index (χ0v) is 11.0. The summed E-state index contributed by atoms with van der Waals surface area (Å²) in [4.78, 5) is 24.5. The van der Waals surface area contributed by atoms with E-state index in [2.05, 4.69) is 5.32 Å². The maximum absolute atomic E-state index is 11.7. The van der Waals surface area contributed by atoms with E-state index in [9.17, 15) is 9.59 Å². The van der Waals surface area contributed by atoms with Gasteiger partial charge in [-0.05, 0) is 18.3 Å². The number of carbonyl (C=O) groups excluding carboxylic acids is 2. The molecule has 1 aliphatic heterocycles. The van der Waals surface area contributed by atoms with Crippen LogP contribution in [0.15, 0.2) is 0 Å². The van der Waals surface area contributed by atoms with Gasteiger partial charge >= 0.3 is 6.03 Å². The van der Waals surface area contributed by atoms with E-state index in [-0.39, 0.29) is 17.4 Å². The Labute approximate surface area is 103 Å². The largest absolute Gasteiger partial charge is 0.352 e. The van der Waals surface area contributed by atoms with Gasteiger partial charge in [0.25, 0.3) is 0 Å². The third-order valence-electron chi connectivity index (χ3n) is 3.19. The zero-order chi connectivity index (χ0) is 13.1. The minimum Gasteiger partial charge on any atom is -0.352 e. The van der Waals surface area contributed by atoms with Crippen LogP contribution in [0.1, 0.15) is 40.0 Å². The third-order valence-corrected chi connectivity index (χ3v) is 3.19. The number of nitrogens with two attached hydrogens (primary N) is 1. The Morgan fingerprint density at radius 2 is 2.12 bits per heavy atom. The average Bonchev–Trinajstić information content (AvgIpc) is 2.18. The number of carbonyl (C=O) groups is 2. The number of primary amides is 1. The number of likely N-dealkylation sites (tertiary alicyclic amines) is 1. The summed E-state index contributed by atoms with van der Waals surface area (Å²) >= 11 is 0. The second-order valence-electron chi connectivity index (χ2n) is 5.72. The molecule has 0 aromatic heterocycles. The fourth-order valence-corrected chi connectivity index (χ4v) is 1.98. The van der Waals surface area contributed by atoms with Gasteiger partial charge in [-0.1, -0.05) is 20.8 Å². The van der Waals surface area contributed by atoms with Crippen molar-refractivity contribution in [2.24, 2.45) is 11.1 Å². The molecule has 0 aromatic rings. The van der Waals surface area contributed by atoms with Gasteiger partial charge in [-0.25, -0.2) is 4.79 Å². The molecule has 0 saturated carbocycles. The van der Waals surface area contributed by atoms with E-state index >= 15 is 0 Å². The highest BCUT2D eigenvalue weighted by atomic mass is 16.2. The first-order valence-electron chi connectivity index (χ1n) is 6.14. The molecule has 1 heterocycles. The van der Waals surface area contributed by atoms with Gasteiger partial charge in [0.1, 0.15) is 0 Å². The normalized spacial score (nSPS) is 19.0. The van der Waals surface area contributed by atoms with Crippen molar-refractivity contribution in [1.82, 2.24) is 10.2 Å². The van der Waals surface area contributed by atoms with Gasteiger partial charge in [-0.15, -0.1) is 0 Å². The van der Waals surface area contributed by atoms with Crippen LogP contribution in [-0.2, 0) is 4.79 Å². The molecule has 0 aliphatic carbocycles. The van der Waals surface area contributed by atoms with Crippen LogP contribution in [0, 0.1) is 5.41 Å². The van der Waals surface area contributed by atoms with Gasteiger partial charge in [-0.3, -0.25) is 4.79 Å². The van der Waals surface area contributed by atoms with E-state index in [1.165, 1.54) is 0 Å². The lowest BCUT2D eigenvalue weighted by atomic mass is 9.86. The van der Waals surface area contributed by atoms with Gasteiger partial charge in [0.2, 0.25) is 5.91 Å². The minimum absolute atomic E-state index is 0.109. The number of rotatable bonds is 3. The number of urea groups is 1. The average molecular weight is 241 g/mol. The molecule has 0 spiro atoms. The van der Waals surface area contributed by atoms with Crippen molar-refractivity contribution in [1.29, 1.82) is 0 Å². The molecule has 17 heavy (non-hydrogen) atoms. The molecule has 0 aromatic carbocycles. The molecular formula is C12H23N3O2. The van der Waals surface area contributed by atoms with Gasteiger partial charge < -0.3 is 16.0 Å². The van der Waals surface area contributed by atoms with Crippen LogP contribution in [-0.4, -0.2) is 36.0 Å². The fourth-order valence-electron chi connectivity index (χ4n) is 1.98. The molecule has 98 valence electrons. The lowest BCUT2D eigenvalue weighted by molar-refractivity contribution is -0.133. The number of piperidine rings is 1. The van der Waals surface area contributed by atoms with Crippen molar-refractivity contribution in [3.63, 3.8) is 0 Å². The Kier molecular flexibility index (Phi) is 4.37. The predicted molar refractivity (Wildman–Crippen MR) is 66.4 cm³/mol. The summed E-state index contributed by atoms with van der Waals surface area (Å²) in [6, 6.07) is -0.642. The quantitative estimate of drug-likeness (QED) is 0.776. The van der Waals surface area contributed by atoms with Crippen molar-refractivity contribution in [2.75, 3.05) is 13.1 Å². The smallest absolute Gasteiger partial charge is 0.312 e. The summed E-state index contributed by atoms with van der Waals surface area (Å²) in [7, 11) is 0. The van der Waals surface area contributed by atoms with E-state index in [4.69, 9.17) is 5.73 Å². The maximum Gasteiger partial charge on any atom is 0.312 e. The molecule has 1 aliphatic rings. The number of amides is 3. The minimum atomic E-state index is -0.533. The molecule has 3 amide bonds. The van der Waals surface area contributed by atoms with Crippen molar-refractivity contribution >= 4 is 11.9 Å². The first-order chi connectivity index (χ1) is 7.80. The maximum atomic E-state index is 11.7. The van der Waals surface area contributed by atoms with Crippen LogP contribution in [0.4, 0.5) is 4.79 Å². The summed E-state index contributed by atoms with van der Waals surface area (Å²) < 4.78 is 0. The van der Waals surface area contributed by atoms with Gasteiger partial charge in [-0.2, -0.15) is 0 Å². The molecule has 0 radical (unpaired) electrons. The van der Waals surface area contributed by atoms with Crippen molar-refractivity contribution < 1.29 is 9.59 Å². The third kappa shape index (κ3) is 4.24. The molecule has 1 rings (SSSR count). The lowest BCUT2D eigenvalue weighted by Crippen LogP contribution is -2.54. The summed E-state index contributed by atoms with van der Waals surface area (Å²) in [6.07, 6.45) is 2.63.